The summed E-state index contributed by atoms with van der Waals surface area (Å²) in [7, 11) is 1.82. The molecule has 1 aliphatic carbocycles. The second-order valence-corrected chi connectivity index (χ2v) is 5.95. The first kappa shape index (κ1) is 19.0. The third-order valence-electron chi connectivity index (χ3n) is 3.78. The van der Waals surface area contributed by atoms with Crippen molar-refractivity contribution in [2.45, 2.75) is 46.2 Å². The summed E-state index contributed by atoms with van der Waals surface area (Å²) in [4.78, 5) is 4.30. The maximum absolute atomic E-state index is 4.52. The van der Waals surface area contributed by atoms with Crippen LogP contribution >= 0.6 is 24.0 Å². The van der Waals surface area contributed by atoms with Crippen LogP contribution in [-0.4, -0.2) is 35.4 Å². The van der Waals surface area contributed by atoms with Crippen molar-refractivity contribution in [1.29, 1.82) is 0 Å². The van der Waals surface area contributed by atoms with Gasteiger partial charge in [0.1, 0.15) is 0 Å². The minimum atomic E-state index is 0. The van der Waals surface area contributed by atoms with Gasteiger partial charge >= 0.3 is 0 Å². The van der Waals surface area contributed by atoms with E-state index < -0.39 is 0 Å². The number of aromatic nitrogens is 2. The fraction of sp³-hybridized carbons (Fsp3) is 0.625. The van der Waals surface area contributed by atoms with Crippen LogP contribution in [0.25, 0.3) is 0 Å². The number of aryl methyl sites for hydroxylation is 2. The highest BCUT2D eigenvalue weighted by Crippen LogP contribution is 2.09. The van der Waals surface area contributed by atoms with Crippen LogP contribution in [0.1, 0.15) is 31.2 Å². The highest BCUT2D eigenvalue weighted by molar-refractivity contribution is 14.0. The third kappa shape index (κ3) is 5.62. The molecule has 124 valence electrons. The van der Waals surface area contributed by atoms with Crippen LogP contribution in [0.5, 0.6) is 0 Å². The number of nitrogens with one attached hydrogen (secondary N) is 2. The Kier molecular flexibility index (Phi) is 7.92. The van der Waals surface area contributed by atoms with Gasteiger partial charge in [-0.05, 0) is 38.7 Å². The maximum atomic E-state index is 4.52. The molecule has 1 aliphatic rings. The lowest BCUT2D eigenvalue weighted by Crippen LogP contribution is -2.44. The van der Waals surface area contributed by atoms with E-state index in [-0.39, 0.29) is 24.0 Å². The van der Waals surface area contributed by atoms with E-state index in [1.807, 2.05) is 14.0 Å². The Morgan fingerprint density at radius 2 is 2.09 bits per heavy atom. The average Bonchev–Trinajstić information content (AvgIpc) is 3.05. The van der Waals surface area contributed by atoms with E-state index in [0.29, 0.717) is 12.0 Å². The van der Waals surface area contributed by atoms with Crippen LogP contribution in [0, 0.1) is 19.8 Å². The zero-order chi connectivity index (χ0) is 15.2. The average molecular weight is 417 g/mol. The second-order valence-electron chi connectivity index (χ2n) is 5.95. The standard InChI is InChI=1S/C16H27N5.HI/c1-12(11-21-14(3)9-13(2)20-21)10-18-16(17-4)19-15-7-5-6-8-15;/h5-6,9,12,15H,7-8,10-11H2,1-4H3,(H2,17,18,19);1H. The lowest BCUT2D eigenvalue weighted by Gasteiger charge is -2.19. The van der Waals surface area contributed by atoms with Gasteiger partial charge in [0.25, 0.3) is 0 Å². The molecule has 0 spiro atoms. The molecule has 1 unspecified atom stereocenters. The second kappa shape index (κ2) is 9.17. The molecule has 5 nitrogen and oxygen atoms in total. The van der Waals surface area contributed by atoms with E-state index in [4.69, 9.17) is 0 Å². The molecule has 2 rings (SSSR count). The molecule has 0 bridgehead atoms. The Labute approximate surface area is 150 Å². The summed E-state index contributed by atoms with van der Waals surface area (Å²) in [6, 6.07) is 2.61. The first-order valence-corrected chi connectivity index (χ1v) is 7.71. The van der Waals surface area contributed by atoms with Crippen molar-refractivity contribution < 1.29 is 0 Å². The molecule has 0 radical (unpaired) electrons. The van der Waals surface area contributed by atoms with Gasteiger partial charge in [-0.1, -0.05) is 19.1 Å². The first-order valence-electron chi connectivity index (χ1n) is 7.71. The summed E-state index contributed by atoms with van der Waals surface area (Å²) < 4.78 is 2.08. The maximum Gasteiger partial charge on any atom is 0.191 e. The predicted octanol–water partition coefficient (Wildman–Crippen LogP) is 2.64. The zero-order valence-corrected chi connectivity index (χ0v) is 16.3. The fourth-order valence-electron chi connectivity index (χ4n) is 2.61. The van der Waals surface area contributed by atoms with Crippen LogP contribution in [0.3, 0.4) is 0 Å². The van der Waals surface area contributed by atoms with Gasteiger partial charge in [0, 0.05) is 31.9 Å². The molecule has 0 aromatic carbocycles. The van der Waals surface area contributed by atoms with Crippen LogP contribution < -0.4 is 10.6 Å². The number of hydrogen-bond acceptors (Lipinski definition) is 2. The number of halogens is 1. The summed E-state index contributed by atoms with van der Waals surface area (Å²) in [6.45, 7) is 8.18. The van der Waals surface area contributed by atoms with Crippen molar-refractivity contribution in [3.05, 3.63) is 29.6 Å². The largest absolute Gasteiger partial charge is 0.356 e. The van der Waals surface area contributed by atoms with Gasteiger partial charge in [0.05, 0.1) is 5.69 Å². The Bertz CT molecular complexity index is 513. The molecule has 1 heterocycles. The topological polar surface area (TPSA) is 54.2 Å². The molecular weight excluding hydrogens is 389 g/mol. The molecule has 22 heavy (non-hydrogen) atoms. The number of rotatable bonds is 5. The number of nitrogens with zero attached hydrogens (tertiary/aromatic N) is 3. The summed E-state index contributed by atoms with van der Waals surface area (Å²) in [5.41, 5.74) is 2.30. The van der Waals surface area contributed by atoms with E-state index >= 15 is 0 Å². The molecule has 1 atom stereocenters. The molecule has 0 saturated heterocycles. The third-order valence-corrected chi connectivity index (χ3v) is 3.78. The van der Waals surface area contributed by atoms with Crippen molar-refractivity contribution in [1.82, 2.24) is 20.4 Å². The first-order chi connectivity index (χ1) is 10.1. The molecule has 2 N–H and O–H groups in total. The summed E-state index contributed by atoms with van der Waals surface area (Å²) in [5.74, 6) is 1.38. The van der Waals surface area contributed by atoms with Gasteiger partial charge in [0.15, 0.2) is 5.96 Å². The van der Waals surface area contributed by atoms with Crippen molar-refractivity contribution in [3.63, 3.8) is 0 Å². The predicted molar refractivity (Wildman–Crippen MR) is 103 cm³/mol. The minimum Gasteiger partial charge on any atom is -0.356 e. The molecule has 0 aliphatic heterocycles. The van der Waals surface area contributed by atoms with Crippen molar-refractivity contribution in [3.8, 4) is 0 Å². The van der Waals surface area contributed by atoms with Gasteiger partial charge in [-0.3, -0.25) is 9.67 Å². The van der Waals surface area contributed by atoms with Gasteiger partial charge in [-0.25, -0.2) is 0 Å². The van der Waals surface area contributed by atoms with E-state index in [2.05, 4.69) is 57.5 Å². The van der Waals surface area contributed by atoms with Crippen LogP contribution in [0.15, 0.2) is 23.2 Å². The SMILES string of the molecule is CN=C(NCC(C)Cn1nc(C)cc1C)NC1CC=CC1.I. The smallest absolute Gasteiger partial charge is 0.191 e. The normalized spacial score (nSPS) is 16.5. The Hall–Kier alpha value is -1.05. The molecule has 6 heteroatoms. The molecule has 1 aromatic rings. The van der Waals surface area contributed by atoms with Gasteiger partial charge in [0.2, 0.25) is 0 Å². The highest BCUT2D eigenvalue weighted by Gasteiger charge is 2.13. The molecule has 1 aromatic heterocycles. The number of hydrogen-bond donors (Lipinski definition) is 2. The molecular formula is C16H28IN5. The van der Waals surface area contributed by atoms with E-state index in [9.17, 15) is 0 Å². The van der Waals surface area contributed by atoms with Crippen LogP contribution in [-0.2, 0) is 6.54 Å². The van der Waals surface area contributed by atoms with Gasteiger partial charge in [-0.2, -0.15) is 5.10 Å². The highest BCUT2D eigenvalue weighted by atomic mass is 127. The lowest BCUT2D eigenvalue weighted by molar-refractivity contribution is 0.434. The monoisotopic (exact) mass is 417 g/mol. The summed E-state index contributed by atoms with van der Waals surface area (Å²) in [6.07, 6.45) is 6.61. The summed E-state index contributed by atoms with van der Waals surface area (Å²) >= 11 is 0. The lowest BCUT2D eigenvalue weighted by atomic mass is 10.2. The number of aliphatic imine (C=N–C) groups is 1. The minimum absolute atomic E-state index is 0. The fourth-order valence-corrected chi connectivity index (χ4v) is 2.61. The Balaban J connectivity index is 0.00000242. The molecule has 0 amide bonds. The molecule has 0 fully saturated rings. The van der Waals surface area contributed by atoms with E-state index in [1.54, 1.807) is 0 Å². The quantitative estimate of drug-likeness (QED) is 0.335. The Morgan fingerprint density at radius 1 is 1.41 bits per heavy atom. The van der Waals surface area contributed by atoms with Crippen LogP contribution in [0.2, 0.25) is 0 Å². The zero-order valence-electron chi connectivity index (χ0n) is 14.0. The van der Waals surface area contributed by atoms with Gasteiger partial charge < -0.3 is 10.6 Å². The van der Waals surface area contributed by atoms with E-state index in [1.165, 1.54) is 5.69 Å². The van der Waals surface area contributed by atoms with Crippen molar-refractivity contribution in [2.75, 3.05) is 13.6 Å². The van der Waals surface area contributed by atoms with E-state index in [0.717, 1.165) is 37.6 Å². The number of guanidine groups is 1. The molecule has 0 saturated carbocycles. The van der Waals surface area contributed by atoms with Crippen molar-refractivity contribution >= 4 is 29.9 Å². The summed E-state index contributed by atoms with van der Waals surface area (Å²) in [5, 5.41) is 11.4. The van der Waals surface area contributed by atoms with Crippen LogP contribution in [0.4, 0.5) is 0 Å². The van der Waals surface area contributed by atoms with Gasteiger partial charge in [-0.15, -0.1) is 24.0 Å². The Morgan fingerprint density at radius 3 is 2.64 bits per heavy atom. The van der Waals surface area contributed by atoms with Crippen molar-refractivity contribution in [2.24, 2.45) is 10.9 Å².